The first-order chi connectivity index (χ1) is 7.63. The van der Waals surface area contributed by atoms with Crippen LogP contribution < -0.4 is 0 Å². The molecule has 1 unspecified atom stereocenters. The van der Waals surface area contributed by atoms with E-state index >= 15 is 0 Å². The molecule has 88 valence electrons. The fraction of sp³-hybridized carbons (Fsp3) is 0.636. The van der Waals surface area contributed by atoms with Gasteiger partial charge in [0.15, 0.2) is 5.15 Å². The second kappa shape index (κ2) is 4.55. The van der Waals surface area contributed by atoms with Crippen LogP contribution in [0.15, 0.2) is 0 Å². The third kappa shape index (κ3) is 1.99. The number of rotatable bonds is 3. The minimum absolute atomic E-state index is 0.360. The van der Waals surface area contributed by atoms with Crippen molar-refractivity contribution >= 4 is 17.9 Å². The maximum atomic E-state index is 10.6. The van der Waals surface area contributed by atoms with Gasteiger partial charge in [0, 0.05) is 25.4 Å². The zero-order valence-electron chi connectivity index (χ0n) is 9.61. The Balaban J connectivity index is 2.27. The normalized spacial score (nSPS) is 19.9. The van der Waals surface area contributed by atoms with E-state index < -0.39 is 0 Å². The van der Waals surface area contributed by atoms with E-state index in [1.165, 1.54) is 0 Å². The van der Waals surface area contributed by atoms with Gasteiger partial charge in [-0.3, -0.25) is 0 Å². The molecule has 1 aromatic heterocycles. The molecule has 0 N–H and O–H groups in total. The van der Waals surface area contributed by atoms with Gasteiger partial charge in [-0.2, -0.15) is 0 Å². The molecule has 0 saturated heterocycles. The molecule has 0 spiro atoms. The van der Waals surface area contributed by atoms with Gasteiger partial charge in [0.25, 0.3) is 0 Å². The molecule has 0 aliphatic carbocycles. The molecular weight excluding hydrogens is 226 g/mol. The van der Waals surface area contributed by atoms with Crippen molar-refractivity contribution < 1.29 is 4.79 Å². The quantitative estimate of drug-likeness (QED) is 0.746. The molecule has 0 aromatic carbocycles. The third-order valence-corrected chi connectivity index (χ3v) is 3.52. The monoisotopic (exact) mass is 241 g/mol. The molecule has 2 rings (SSSR count). The highest BCUT2D eigenvalue weighted by Crippen LogP contribution is 2.24. The average Bonchev–Trinajstić information content (AvgIpc) is 2.55. The van der Waals surface area contributed by atoms with Gasteiger partial charge in [-0.05, 0) is 20.5 Å². The van der Waals surface area contributed by atoms with Crippen molar-refractivity contribution in [3.63, 3.8) is 0 Å². The Morgan fingerprint density at radius 2 is 2.38 bits per heavy atom. The summed E-state index contributed by atoms with van der Waals surface area (Å²) < 4.78 is 2.09. The number of carbonyl (C=O) groups is 1. The van der Waals surface area contributed by atoms with Crippen LogP contribution in [0.4, 0.5) is 0 Å². The molecule has 1 atom stereocenters. The molecule has 1 aromatic rings. The molecule has 5 heteroatoms. The molecule has 1 aliphatic rings. The molecular formula is C11H16ClN3O. The van der Waals surface area contributed by atoms with Crippen LogP contribution in [0.3, 0.4) is 0 Å². The predicted octanol–water partition coefficient (Wildman–Crippen LogP) is 1.15. The minimum atomic E-state index is 0.360. The van der Waals surface area contributed by atoms with Crippen molar-refractivity contribution in [2.45, 2.75) is 31.8 Å². The van der Waals surface area contributed by atoms with Crippen molar-refractivity contribution in [1.82, 2.24) is 14.5 Å². The number of aldehydes is 1. The first kappa shape index (κ1) is 11.6. The Labute approximate surface area is 100 Å². The number of nitrogens with zero attached hydrogens (tertiary/aromatic N) is 3. The van der Waals surface area contributed by atoms with Gasteiger partial charge < -0.3 is 14.3 Å². The number of aromatic nitrogens is 2. The molecule has 0 bridgehead atoms. The highest BCUT2D eigenvalue weighted by molar-refractivity contribution is 6.30. The van der Waals surface area contributed by atoms with E-state index in [1.54, 1.807) is 0 Å². The van der Waals surface area contributed by atoms with Crippen LogP contribution in [0.1, 0.15) is 17.9 Å². The van der Waals surface area contributed by atoms with E-state index in [0.717, 1.165) is 37.2 Å². The smallest absolute Gasteiger partial charge is 0.151 e. The van der Waals surface area contributed by atoms with Crippen LogP contribution in [-0.4, -0.2) is 40.9 Å². The minimum Gasteiger partial charge on any atom is -0.330 e. The van der Waals surface area contributed by atoms with E-state index in [2.05, 4.69) is 28.5 Å². The zero-order chi connectivity index (χ0) is 11.7. The lowest BCUT2D eigenvalue weighted by molar-refractivity contribution is -0.107. The fourth-order valence-electron chi connectivity index (χ4n) is 2.23. The van der Waals surface area contributed by atoms with Crippen molar-refractivity contribution in [3.05, 3.63) is 16.7 Å². The topological polar surface area (TPSA) is 38.1 Å². The van der Waals surface area contributed by atoms with Gasteiger partial charge in [-0.25, -0.2) is 4.98 Å². The van der Waals surface area contributed by atoms with Crippen LogP contribution >= 0.6 is 11.6 Å². The number of likely N-dealkylation sites (N-methyl/N-ethyl adjacent to an activating group) is 1. The first-order valence-electron chi connectivity index (χ1n) is 5.47. The summed E-state index contributed by atoms with van der Waals surface area (Å²) in [6.07, 6.45) is 3.23. The zero-order valence-corrected chi connectivity index (χ0v) is 10.4. The Morgan fingerprint density at radius 3 is 3.00 bits per heavy atom. The van der Waals surface area contributed by atoms with Crippen molar-refractivity contribution in [2.75, 3.05) is 14.1 Å². The molecule has 16 heavy (non-hydrogen) atoms. The largest absolute Gasteiger partial charge is 0.330 e. The van der Waals surface area contributed by atoms with Crippen molar-refractivity contribution in [2.24, 2.45) is 0 Å². The van der Waals surface area contributed by atoms with Gasteiger partial charge >= 0.3 is 0 Å². The predicted molar refractivity (Wildman–Crippen MR) is 62.8 cm³/mol. The number of hydrogen-bond donors (Lipinski definition) is 0. The number of imidazole rings is 1. The van der Waals surface area contributed by atoms with E-state index in [1.807, 2.05) is 0 Å². The third-order valence-electron chi connectivity index (χ3n) is 3.21. The van der Waals surface area contributed by atoms with Gasteiger partial charge in [0.05, 0.1) is 5.69 Å². The summed E-state index contributed by atoms with van der Waals surface area (Å²) in [4.78, 5) is 17.1. The van der Waals surface area contributed by atoms with Crippen LogP contribution in [0, 0.1) is 0 Å². The summed E-state index contributed by atoms with van der Waals surface area (Å²) in [5.41, 5.74) is 0.865. The Kier molecular flexibility index (Phi) is 3.30. The first-order valence-corrected chi connectivity index (χ1v) is 5.85. The van der Waals surface area contributed by atoms with Gasteiger partial charge in [0.2, 0.25) is 0 Å². The lowest BCUT2D eigenvalue weighted by Gasteiger charge is -2.29. The molecule has 0 amide bonds. The number of halogens is 1. The maximum Gasteiger partial charge on any atom is 0.151 e. The summed E-state index contributed by atoms with van der Waals surface area (Å²) in [7, 11) is 4.16. The maximum absolute atomic E-state index is 10.6. The number of fused-ring (bicyclic) bond motifs is 1. The van der Waals surface area contributed by atoms with Gasteiger partial charge in [0.1, 0.15) is 12.1 Å². The lowest BCUT2D eigenvalue weighted by Crippen LogP contribution is -2.35. The molecule has 0 radical (unpaired) electrons. The van der Waals surface area contributed by atoms with E-state index in [-0.39, 0.29) is 0 Å². The second-order valence-electron chi connectivity index (χ2n) is 4.40. The summed E-state index contributed by atoms with van der Waals surface area (Å²) >= 11 is 6.04. The number of hydrogen-bond acceptors (Lipinski definition) is 3. The highest BCUT2D eigenvalue weighted by atomic mass is 35.5. The van der Waals surface area contributed by atoms with Crippen molar-refractivity contribution in [1.29, 1.82) is 0 Å². The van der Waals surface area contributed by atoms with E-state index in [9.17, 15) is 4.79 Å². The molecule has 2 heterocycles. The van der Waals surface area contributed by atoms with E-state index in [4.69, 9.17) is 11.6 Å². The van der Waals surface area contributed by atoms with Crippen LogP contribution in [0.2, 0.25) is 5.15 Å². The standard InChI is InChI=1S/C11H16ClN3O/c1-14(2)8-3-5-15-9(4-6-16)11(12)13-10(15)7-8/h6,8H,3-5,7H2,1-2H3. The Bertz CT molecular complexity index is 400. The van der Waals surface area contributed by atoms with Crippen LogP contribution in [0.5, 0.6) is 0 Å². The Morgan fingerprint density at radius 1 is 1.62 bits per heavy atom. The van der Waals surface area contributed by atoms with Gasteiger partial charge in [-0.1, -0.05) is 11.6 Å². The lowest BCUT2D eigenvalue weighted by atomic mass is 10.1. The summed E-state index contributed by atoms with van der Waals surface area (Å²) in [5, 5.41) is 0.488. The fourth-order valence-corrected chi connectivity index (χ4v) is 2.51. The number of carbonyl (C=O) groups excluding carboxylic acids is 1. The molecule has 0 saturated carbocycles. The summed E-state index contributed by atoms with van der Waals surface area (Å²) in [6, 6.07) is 0.523. The van der Waals surface area contributed by atoms with Crippen molar-refractivity contribution in [3.8, 4) is 0 Å². The SMILES string of the molecule is CN(C)C1CCn2c(nc(Cl)c2CC=O)C1. The highest BCUT2D eigenvalue weighted by Gasteiger charge is 2.24. The van der Waals surface area contributed by atoms with E-state index in [0.29, 0.717) is 17.6 Å². The molecule has 4 nitrogen and oxygen atoms in total. The summed E-state index contributed by atoms with van der Waals surface area (Å²) in [5.74, 6) is 1.01. The second-order valence-corrected chi connectivity index (χ2v) is 4.76. The Hall–Kier alpha value is -0.870. The van der Waals surface area contributed by atoms with Gasteiger partial charge in [-0.15, -0.1) is 0 Å². The molecule has 1 aliphatic heterocycles. The summed E-state index contributed by atoms with van der Waals surface area (Å²) in [6.45, 7) is 0.904. The van der Waals surface area contributed by atoms with Crippen LogP contribution in [0.25, 0.3) is 0 Å². The average molecular weight is 242 g/mol. The molecule has 0 fully saturated rings. The van der Waals surface area contributed by atoms with Crippen LogP contribution in [-0.2, 0) is 24.2 Å².